The van der Waals surface area contributed by atoms with Crippen LogP contribution < -0.4 is 9.47 Å². The normalized spacial score (nSPS) is 18.7. The van der Waals surface area contributed by atoms with Crippen molar-refractivity contribution in [3.8, 4) is 11.5 Å². The fourth-order valence-electron chi connectivity index (χ4n) is 3.80. The molecule has 5 nitrogen and oxygen atoms in total. The molecule has 0 saturated carbocycles. The van der Waals surface area contributed by atoms with Crippen molar-refractivity contribution in [1.29, 1.82) is 0 Å². The molecule has 27 heavy (non-hydrogen) atoms. The number of benzene rings is 2. The van der Waals surface area contributed by atoms with E-state index >= 15 is 0 Å². The number of ether oxygens (including phenoxy) is 2. The number of methoxy groups -OCH3 is 2. The molecule has 2 aromatic rings. The highest BCUT2D eigenvalue weighted by Gasteiger charge is 2.33. The van der Waals surface area contributed by atoms with E-state index in [9.17, 15) is 14.3 Å². The molecule has 144 valence electrons. The second-order valence-corrected chi connectivity index (χ2v) is 6.71. The molecule has 1 saturated heterocycles. The molecule has 2 aromatic carbocycles. The zero-order valence-corrected chi connectivity index (χ0v) is 15.5. The molecule has 1 aliphatic rings. The summed E-state index contributed by atoms with van der Waals surface area (Å²) in [5.41, 5.74) is 1.75. The predicted molar refractivity (Wildman–Crippen MR) is 99.7 cm³/mol. The minimum absolute atomic E-state index is 0.252. The monoisotopic (exact) mass is 373 g/mol. The molecule has 1 fully saturated rings. The van der Waals surface area contributed by atoms with Gasteiger partial charge in [-0.25, -0.2) is 4.39 Å². The Morgan fingerprint density at radius 3 is 2.56 bits per heavy atom. The number of rotatable bonds is 6. The van der Waals surface area contributed by atoms with E-state index in [1.165, 1.54) is 12.1 Å². The number of hydrogen-bond acceptors (Lipinski definition) is 4. The number of hydrogen-bond donors (Lipinski definition) is 1. The predicted octanol–water partition coefficient (Wildman–Crippen LogP) is 3.73. The van der Waals surface area contributed by atoms with Gasteiger partial charge in [0.15, 0.2) is 11.5 Å². The lowest BCUT2D eigenvalue weighted by molar-refractivity contribution is -0.143. The lowest BCUT2D eigenvalue weighted by Gasteiger charge is -2.38. The van der Waals surface area contributed by atoms with E-state index in [2.05, 4.69) is 4.90 Å². The topological polar surface area (TPSA) is 59.0 Å². The molecule has 1 N–H and O–H groups in total. The summed E-state index contributed by atoms with van der Waals surface area (Å²) < 4.78 is 24.5. The van der Waals surface area contributed by atoms with Crippen molar-refractivity contribution in [3.63, 3.8) is 0 Å². The van der Waals surface area contributed by atoms with E-state index in [1.807, 2.05) is 18.2 Å². The summed E-state index contributed by atoms with van der Waals surface area (Å²) in [4.78, 5) is 13.7. The maximum atomic E-state index is 13.5. The molecular formula is C21H24FNO4. The number of nitrogens with zero attached hydrogens (tertiary/aromatic N) is 1. The summed E-state index contributed by atoms with van der Waals surface area (Å²) in [6, 6.07) is 11.7. The van der Waals surface area contributed by atoms with Crippen molar-refractivity contribution in [2.45, 2.75) is 18.9 Å². The third-order valence-electron chi connectivity index (χ3n) is 5.08. The van der Waals surface area contributed by atoms with Crippen LogP contribution in [0.15, 0.2) is 42.5 Å². The third-order valence-corrected chi connectivity index (χ3v) is 5.08. The van der Waals surface area contributed by atoms with Crippen LogP contribution in [-0.4, -0.2) is 43.3 Å². The SMILES string of the molecule is COc1cccc(C(c2ccc(F)cc2)N2CCCC(C(=O)O)C2)c1OC. The number of carboxylic acids is 1. The van der Waals surface area contributed by atoms with Crippen molar-refractivity contribution < 1.29 is 23.8 Å². The minimum atomic E-state index is -0.782. The Morgan fingerprint density at radius 2 is 1.93 bits per heavy atom. The fourth-order valence-corrected chi connectivity index (χ4v) is 3.80. The van der Waals surface area contributed by atoms with Gasteiger partial charge in [-0.3, -0.25) is 9.69 Å². The van der Waals surface area contributed by atoms with Gasteiger partial charge in [-0.05, 0) is 43.1 Å². The second-order valence-electron chi connectivity index (χ2n) is 6.71. The Hall–Kier alpha value is -2.60. The largest absolute Gasteiger partial charge is 0.493 e. The van der Waals surface area contributed by atoms with Crippen LogP contribution in [0.4, 0.5) is 4.39 Å². The summed E-state index contributed by atoms with van der Waals surface area (Å²) in [7, 11) is 3.16. The van der Waals surface area contributed by atoms with Crippen molar-refractivity contribution in [1.82, 2.24) is 4.90 Å². The molecule has 2 atom stereocenters. The van der Waals surface area contributed by atoms with Gasteiger partial charge in [0.25, 0.3) is 0 Å². The first kappa shape index (κ1) is 19.2. The van der Waals surface area contributed by atoms with E-state index in [0.29, 0.717) is 24.5 Å². The molecule has 0 amide bonds. The van der Waals surface area contributed by atoms with Crippen LogP contribution in [0.3, 0.4) is 0 Å². The highest BCUT2D eigenvalue weighted by Crippen LogP contribution is 2.41. The third kappa shape index (κ3) is 4.06. The molecule has 1 heterocycles. The van der Waals surface area contributed by atoms with Crippen LogP contribution in [0.5, 0.6) is 11.5 Å². The molecule has 0 spiro atoms. The second kappa shape index (κ2) is 8.39. The first-order valence-corrected chi connectivity index (χ1v) is 8.98. The molecule has 1 aliphatic heterocycles. The quantitative estimate of drug-likeness (QED) is 0.836. The van der Waals surface area contributed by atoms with Gasteiger partial charge < -0.3 is 14.6 Å². The Labute approximate surface area is 158 Å². The molecule has 0 radical (unpaired) electrons. The maximum absolute atomic E-state index is 13.5. The number of para-hydroxylation sites is 1. The van der Waals surface area contributed by atoms with Crippen molar-refractivity contribution in [2.24, 2.45) is 5.92 Å². The molecule has 0 bridgehead atoms. The van der Waals surface area contributed by atoms with Crippen molar-refractivity contribution >= 4 is 5.97 Å². The van der Waals surface area contributed by atoms with E-state index in [1.54, 1.807) is 26.4 Å². The van der Waals surface area contributed by atoms with Crippen molar-refractivity contribution in [2.75, 3.05) is 27.3 Å². The zero-order chi connectivity index (χ0) is 19.4. The van der Waals surface area contributed by atoms with Gasteiger partial charge in [0.2, 0.25) is 0 Å². The smallest absolute Gasteiger partial charge is 0.307 e. The Kier molecular flexibility index (Phi) is 5.96. The lowest BCUT2D eigenvalue weighted by atomic mass is 9.91. The molecule has 6 heteroatoms. The minimum Gasteiger partial charge on any atom is -0.493 e. The Morgan fingerprint density at radius 1 is 1.19 bits per heavy atom. The van der Waals surface area contributed by atoms with Crippen LogP contribution in [0.2, 0.25) is 0 Å². The first-order chi connectivity index (χ1) is 13.0. The highest BCUT2D eigenvalue weighted by atomic mass is 19.1. The maximum Gasteiger partial charge on any atom is 0.307 e. The Balaban J connectivity index is 2.08. The number of piperidine rings is 1. The summed E-state index contributed by atoms with van der Waals surface area (Å²) in [5.74, 6) is -0.300. The average molecular weight is 373 g/mol. The number of carbonyl (C=O) groups is 1. The van der Waals surface area contributed by atoms with Gasteiger partial charge in [-0.2, -0.15) is 0 Å². The lowest BCUT2D eigenvalue weighted by Crippen LogP contribution is -2.41. The van der Waals surface area contributed by atoms with Crippen LogP contribution in [0, 0.1) is 11.7 Å². The van der Waals surface area contributed by atoms with Crippen LogP contribution in [0.1, 0.15) is 30.0 Å². The number of halogens is 1. The van der Waals surface area contributed by atoms with Gasteiger partial charge in [0, 0.05) is 12.1 Å². The van der Waals surface area contributed by atoms with Crippen LogP contribution in [-0.2, 0) is 4.79 Å². The van der Waals surface area contributed by atoms with Crippen LogP contribution in [0.25, 0.3) is 0 Å². The number of aliphatic carboxylic acids is 1. The van der Waals surface area contributed by atoms with E-state index < -0.39 is 11.9 Å². The standard InChI is InChI=1S/C21H24FNO4/c1-26-18-7-3-6-17(20(18)27-2)19(14-8-10-16(22)11-9-14)23-12-4-5-15(13-23)21(24)25/h3,6-11,15,19H,4-5,12-13H2,1-2H3,(H,24,25). The fraction of sp³-hybridized carbons (Fsp3) is 0.381. The number of carboxylic acid groups (broad SMARTS) is 1. The summed E-state index contributed by atoms with van der Waals surface area (Å²) in [6.45, 7) is 1.18. The molecule has 0 aliphatic carbocycles. The van der Waals surface area contributed by atoms with Gasteiger partial charge in [-0.15, -0.1) is 0 Å². The van der Waals surface area contributed by atoms with E-state index in [0.717, 1.165) is 24.1 Å². The molecular weight excluding hydrogens is 349 g/mol. The van der Waals surface area contributed by atoms with E-state index in [4.69, 9.17) is 9.47 Å². The van der Waals surface area contributed by atoms with Gasteiger partial charge in [0.05, 0.1) is 26.2 Å². The highest BCUT2D eigenvalue weighted by molar-refractivity contribution is 5.70. The van der Waals surface area contributed by atoms with E-state index in [-0.39, 0.29) is 11.9 Å². The van der Waals surface area contributed by atoms with Gasteiger partial charge in [-0.1, -0.05) is 24.3 Å². The van der Waals surface area contributed by atoms with Crippen molar-refractivity contribution in [3.05, 3.63) is 59.4 Å². The average Bonchev–Trinajstić information content (AvgIpc) is 2.69. The van der Waals surface area contributed by atoms with Crippen LogP contribution >= 0.6 is 0 Å². The summed E-state index contributed by atoms with van der Waals surface area (Å²) >= 11 is 0. The molecule has 2 unspecified atom stereocenters. The number of likely N-dealkylation sites (tertiary alicyclic amines) is 1. The zero-order valence-electron chi connectivity index (χ0n) is 15.5. The summed E-state index contributed by atoms with van der Waals surface area (Å²) in [6.07, 6.45) is 1.46. The summed E-state index contributed by atoms with van der Waals surface area (Å²) in [5, 5.41) is 9.48. The Bertz CT molecular complexity index is 793. The van der Waals surface area contributed by atoms with Gasteiger partial charge in [0.1, 0.15) is 5.82 Å². The van der Waals surface area contributed by atoms with Gasteiger partial charge >= 0.3 is 5.97 Å². The molecule has 0 aromatic heterocycles. The first-order valence-electron chi connectivity index (χ1n) is 8.98. The molecule has 3 rings (SSSR count).